The molecule has 0 aromatic heterocycles. The van der Waals surface area contributed by atoms with Crippen LogP contribution < -0.4 is 0 Å². The van der Waals surface area contributed by atoms with Gasteiger partial charge in [0.2, 0.25) is 0 Å². The zero-order chi connectivity index (χ0) is 10.1. The molecule has 1 saturated heterocycles. The van der Waals surface area contributed by atoms with Crippen LogP contribution >= 0.6 is 6.49 Å². The molecular formula is C6H12BO4PS. The highest BCUT2D eigenvalue weighted by Gasteiger charge is 2.34. The normalized spacial score (nSPS) is 38.8. The van der Waals surface area contributed by atoms with Gasteiger partial charge in [0, 0.05) is 12.7 Å². The number of aliphatic hydroxyl groups excluding tert-OH is 1. The smallest absolute Gasteiger partial charge is 0.183 e. The summed E-state index contributed by atoms with van der Waals surface area (Å²) in [5, 5.41) is 8.89. The predicted molar refractivity (Wildman–Crippen MR) is 53.4 cm³/mol. The van der Waals surface area contributed by atoms with Crippen LogP contribution in [0.4, 0.5) is 0 Å². The summed E-state index contributed by atoms with van der Waals surface area (Å²) in [5.74, 6) is 0. The summed E-state index contributed by atoms with van der Waals surface area (Å²) in [7, 11) is 5.49. The van der Waals surface area contributed by atoms with Crippen LogP contribution in [0.3, 0.4) is 0 Å². The van der Waals surface area contributed by atoms with E-state index in [9.17, 15) is 4.89 Å². The van der Waals surface area contributed by atoms with Crippen molar-refractivity contribution in [2.45, 2.75) is 24.6 Å². The molecule has 7 heteroatoms. The first-order valence-electron chi connectivity index (χ1n) is 3.93. The van der Waals surface area contributed by atoms with Gasteiger partial charge in [-0.1, -0.05) is 0 Å². The zero-order valence-electron chi connectivity index (χ0n) is 7.29. The topological polar surface area (TPSA) is 58.9 Å². The second kappa shape index (κ2) is 4.38. The summed E-state index contributed by atoms with van der Waals surface area (Å²) in [6, 6.07) is -0.441. The fourth-order valence-electron chi connectivity index (χ4n) is 1.27. The maximum Gasteiger partial charge on any atom is 0.183 e. The van der Waals surface area contributed by atoms with E-state index in [0.717, 1.165) is 0 Å². The minimum atomic E-state index is -2.71. The third kappa shape index (κ3) is 3.66. The molecule has 2 N–H and O–H groups in total. The molecule has 74 valence electrons. The van der Waals surface area contributed by atoms with Crippen LogP contribution in [0.1, 0.15) is 6.42 Å². The van der Waals surface area contributed by atoms with E-state index < -0.39 is 18.6 Å². The second-order valence-electron chi connectivity index (χ2n) is 3.08. The SMILES string of the molecule is [B][C@H]1C[C@@H](OP(C)(O)=S)[C@@H](CO)O1. The Bertz CT molecular complexity index is 221. The summed E-state index contributed by atoms with van der Waals surface area (Å²) in [6.45, 7) is -1.42. The van der Waals surface area contributed by atoms with E-state index >= 15 is 0 Å². The number of hydrogen-bond acceptors (Lipinski definition) is 4. The van der Waals surface area contributed by atoms with E-state index in [2.05, 4.69) is 0 Å². The van der Waals surface area contributed by atoms with E-state index in [4.69, 9.17) is 34.0 Å². The molecule has 0 aromatic rings. The van der Waals surface area contributed by atoms with Crippen LogP contribution in [0.2, 0.25) is 0 Å². The highest BCUT2D eigenvalue weighted by Crippen LogP contribution is 2.42. The molecular weight excluding hydrogens is 210 g/mol. The second-order valence-corrected chi connectivity index (χ2v) is 6.93. The molecule has 0 aliphatic carbocycles. The molecule has 0 saturated carbocycles. The standard InChI is InChI=1S/C6H12BO4PS/c1-12(9,13)11-4-2-6(7)10-5(4)3-8/h4-6,8H,2-3H2,1H3,(H,9,13)/t4-,5-,6-,12?/m1/s1. The minimum Gasteiger partial charge on any atom is -0.394 e. The Morgan fingerprint density at radius 3 is 2.85 bits per heavy atom. The van der Waals surface area contributed by atoms with Gasteiger partial charge in [-0.05, 0) is 18.2 Å². The minimum absolute atomic E-state index is 0.173. The lowest BCUT2D eigenvalue weighted by atomic mass is 9.96. The molecule has 1 unspecified atom stereocenters. The Morgan fingerprint density at radius 2 is 2.38 bits per heavy atom. The zero-order valence-corrected chi connectivity index (χ0v) is 9.00. The van der Waals surface area contributed by atoms with Gasteiger partial charge in [-0.25, -0.2) is 0 Å². The van der Waals surface area contributed by atoms with E-state index in [1.165, 1.54) is 6.66 Å². The van der Waals surface area contributed by atoms with Crippen molar-refractivity contribution in [1.82, 2.24) is 0 Å². The Labute approximate surface area is 83.8 Å². The van der Waals surface area contributed by atoms with Crippen LogP contribution in [0, 0.1) is 0 Å². The largest absolute Gasteiger partial charge is 0.394 e. The lowest BCUT2D eigenvalue weighted by molar-refractivity contribution is 0.00417. The van der Waals surface area contributed by atoms with Crippen molar-refractivity contribution in [3.63, 3.8) is 0 Å². The maximum atomic E-state index is 9.30. The summed E-state index contributed by atoms with van der Waals surface area (Å²) < 4.78 is 10.3. The maximum absolute atomic E-state index is 9.30. The molecule has 2 radical (unpaired) electrons. The summed E-state index contributed by atoms with van der Waals surface area (Å²) in [4.78, 5) is 9.30. The summed E-state index contributed by atoms with van der Waals surface area (Å²) in [5.41, 5.74) is 0. The third-order valence-electron chi connectivity index (χ3n) is 1.74. The van der Waals surface area contributed by atoms with Gasteiger partial charge in [-0.2, -0.15) is 0 Å². The Morgan fingerprint density at radius 1 is 1.77 bits per heavy atom. The van der Waals surface area contributed by atoms with Crippen LogP contribution in [-0.4, -0.2) is 49.3 Å². The van der Waals surface area contributed by atoms with Crippen molar-refractivity contribution in [2.75, 3.05) is 13.3 Å². The molecule has 0 amide bonds. The van der Waals surface area contributed by atoms with E-state index in [1.807, 2.05) is 0 Å². The van der Waals surface area contributed by atoms with Crippen LogP contribution in [0.15, 0.2) is 0 Å². The average Bonchev–Trinajstić information content (AvgIpc) is 2.27. The lowest BCUT2D eigenvalue weighted by Crippen LogP contribution is -2.26. The molecule has 4 nitrogen and oxygen atoms in total. The molecule has 0 aromatic carbocycles. The molecule has 1 aliphatic heterocycles. The quantitative estimate of drug-likeness (QED) is 0.501. The first-order valence-corrected chi connectivity index (χ1v) is 7.05. The molecule has 1 aliphatic rings. The van der Waals surface area contributed by atoms with Gasteiger partial charge in [0.25, 0.3) is 0 Å². The summed E-state index contributed by atoms with van der Waals surface area (Å²) >= 11 is 4.73. The van der Waals surface area contributed by atoms with Gasteiger partial charge in [0.05, 0.1) is 12.7 Å². The Hall–Kier alpha value is 0.555. The Kier molecular flexibility index (Phi) is 3.92. The van der Waals surface area contributed by atoms with Crippen molar-refractivity contribution in [2.24, 2.45) is 0 Å². The van der Waals surface area contributed by atoms with Crippen LogP contribution in [0.5, 0.6) is 0 Å². The van der Waals surface area contributed by atoms with Gasteiger partial charge in [-0.15, -0.1) is 0 Å². The molecule has 1 rings (SSSR count). The highest BCUT2D eigenvalue weighted by atomic mass is 32.5. The molecule has 4 atom stereocenters. The fraction of sp³-hybridized carbons (Fsp3) is 1.00. The van der Waals surface area contributed by atoms with Crippen LogP contribution in [0.25, 0.3) is 0 Å². The first-order chi connectivity index (χ1) is 5.92. The monoisotopic (exact) mass is 222 g/mol. The third-order valence-corrected chi connectivity index (χ3v) is 2.66. The molecule has 1 heterocycles. The van der Waals surface area contributed by atoms with E-state index in [0.29, 0.717) is 6.42 Å². The van der Waals surface area contributed by atoms with Crippen molar-refractivity contribution >= 4 is 26.1 Å². The van der Waals surface area contributed by atoms with Crippen molar-refractivity contribution in [3.05, 3.63) is 0 Å². The van der Waals surface area contributed by atoms with Gasteiger partial charge in [-0.3, -0.25) is 0 Å². The van der Waals surface area contributed by atoms with E-state index in [1.54, 1.807) is 0 Å². The summed E-state index contributed by atoms with van der Waals surface area (Å²) in [6.07, 6.45) is -0.400. The van der Waals surface area contributed by atoms with Gasteiger partial charge >= 0.3 is 0 Å². The van der Waals surface area contributed by atoms with Gasteiger partial charge < -0.3 is 19.3 Å². The number of aliphatic hydroxyl groups is 1. The Balaban J connectivity index is 2.54. The number of rotatable bonds is 3. The van der Waals surface area contributed by atoms with Crippen molar-refractivity contribution in [1.29, 1.82) is 0 Å². The average molecular weight is 222 g/mol. The lowest BCUT2D eigenvalue weighted by Gasteiger charge is -2.20. The predicted octanol–water partition coefficient (Wildman–Crippen LogP) is -0.421. The highest BCUT2D eigenvalue weighted by molar-refractivity contribution is 8.09. The number of ether oxygens (including phenoxy) is 1. The molecule has 0 spiro atoms. The molecule has 1 fully saturated rings. The molecule has 13 heavy (non-hydrogen) atoms. The van der Waals surface area contributed by atoms with Crippen molar-refractivity contribution in [3.8, 4) is 0 Å². The first kappa shape index (κ1) is 11.6. The van der Waals surface area contributed by atoms with Crippen LogP contribution in [-0.2, 0) is 21.1 Å². The van der Waals surface area contributed by atoms with Gasteiger partial charge in [0.1, 0.15) is 14.0 Å². The van der Waals surface area contributed by atoms with Crippen molar-refractivity contribution < 1.29 is 19.3 Å². The fourth-order valence-corrected chi connectivity index (χ4v) is 2.33. The van der Waals surface area contributed by atoms with Gasteiger partial charge in [0.15, 0.2) is 6.49 Å². The van der Waals surface area contributed by atoms with E-state index in [-0.39, 0.29) is 12.7 Å². The number of hydrogen-bond donors (Lipinski definition) is 2. The molecule has 0 bridgehead atoms.